The van der Waals surface area contributed by atoms with Crippen LogP contribution in [0.5, 0.6) is 0 Å². The van der Waals surface area contributed by atoms with E-state index < -0.39 is 0 Å². The van der Waals surface area contributed by atoms with Crippen LogP contribution < -0.4 is 0 Å². The zero-order valence-electron chi connectivity index (χ0n) is 13.9. The third-order valence-corrected chi connectivity index (χ3v) is 4.28. The van der Waals surface area contributed by atoms with Crippen LogP contribution in [0.1, 0.15) is 43.9 Å². The van der Waals surface area contributed by atoms with Gasteiger partial charge in [-0.2, -0.15) is 0 Å². The molecule has 0 aromatic heterocycles. The predicted octanol–water partition coefficient (Wildman–Crippen LogP) is 6.45. The Morgan fingerprint density at radius 2 is 1.61 bits per heavy atom. The van der Waals surface area contributed by atoms with Crippen molar-refractivity contribution < 1.29 is 4.74 Å². The minimum absolute atomic E-state index is 0.0943. The summed E-state index contributed by atoms with van der Waals surface area (Å²) in [6, 6.07) is 21.2. The van der Waals surface area contributed by atoms with Crippen molar-refractivity contribution in [2.24, 2.45) is 0 Å². The molecule has 0 fully saturated rings. The summed E-state index contributed by atoms with van der Waals surface area (Å²) in [5, 5.41) is 0. The van der Waals surface area contributed by atoms with Crippen LogP contribution in [0.2, 0.25) is 0 Å². The molecule has 0 amide bonds. The highest BCUT2D eigenvalue weighted by Crippen LogP contribution is 2.31. The fourth-order valence-corrected chi connectivity index (χ4v) is 2.95. The molecule has 2 aromatic rings. The van der Waals surface area contributed by atoms with E-state index in [0.29, 0.717) is 0 Å². The molecular formula is C21H25IO. The maximum Gasteiger partial charge on any atom is 0.0868 e. The summed E-state index contributed by atoms with van der Waals surface area (Å²) >= 11 is 2.43. The van der Waals surface area contributed by atoms with Crippen molar-refractivity contribution >= 4 is 28.2 Å². The molecule has 0 spiro atoms. The van der Waals surface area contributed by atoms with Crippen molar-refractivity contribution in [1.82, 2.24) is 0 Å². The monoisotopic (exact) mass is 420 g/mol. The molecule has 2 rings (SSSR count). The lowest BCUT2D eigenvalue weighted by Gasteiger charge is -2.23. The SMILES string of the molecule is CC(C)OC(C/C(=C/CCI)c1ccccc1)c1ccccc1. The largest absolute Gasteiger partial charge is 0.371 e. The Balaban J connectivity index is 2.26. The maximum absolute atomic E-state index is 6.23. The van der Waals surface area contributed by atoms with E-state index in [1.54, 1.807) is 0 Å². The normalized spacial score (nSPS) is 13.3. The molecule has 0 saturated carbocycles. The highest BCUT2D eigenvalue weighted by Gasteiger charge is 2.16. The molecule has 0 aliphatic heterocycles. The minimum Gasteiger partial charge on any atom is -0.371 e. The topological polar surface area (TPSA) is 9.23 Å². The summed E-state index contributed by atoms with van der Waals surface area (Å²) in [5.74, 6) is 0. The van der Waals surface area contributed by atoms with Gasteiger partial charge < -0.3 is 4.74 Å². The maximum atomic E-state index is 6.23. The zero-order chi connectivity index (χ0) is 16.5. The first-order valence-corrected chi connectivity index (χ1v) is 9.74. The van der Waals surface area contributed by atoms with Crippen LogP contribution in [-0.4, -0.2) is 10.5 Å². The molecule has 2 heteroatoms. The number of hydrogen-bond acceptors (Lipinski definition) is 1. The number of alkyl halides is 1. The van der Waals surface area contributed by atoms with Crippen LogP contribution >= 0.6 is 22.6 Å². The van der Waals surface area contributed by atoms with E-state index in [4.69, 9.17) is 4.74 Å². The highest BCUT2D eigenvalue weighted by molar-refractivity contribution is 14.1. The van der Waals surface area contributed by atoms with Gasteiger partial charge in [0.15, 0.2) is 0 Å². The highest BCUT2D eigenvalue weighted by atomic mass is 127. The average molecular weight is 420 g/mol. The Bertz CT molecular complexity index is 590. The quantitative estimate of drug-likeness (QED) is 0.352. The van der Waals surface area contributed by atoms with E-state index in [0.717, 1.165) is 17.3 Å². The van der Waals surface area contributed by atoms with Gasteiger partial charge in [-0.1, -0.05) is 89.3 Å². The minimum atomic E-state index is 0.0943. The molecular weight excluding hydrogens is 395 g/mol. The van der Waals surface area contributed by atoms with Crippen molar-refractivity contribution in [3.8, 4) is 0 Å². The summed E-state index contributed by atoms with van der Waals surface area (Å²) in [7, 11) is 0. The Labute approximate surface area is 153 Å². The van der Waals surface area contributed by atoms with Crippen molar-refractivity contribution in [2.45, 2.75) is 38.9 Å². The summed E-state index contributed by atoms with van der Waals surface area (Å²) in [6.07, 6.45) is 4.66. The van der Waals surface area contributed by atoms with E-state index in [1.807, 2.05) is 0 Å². The van der Waals surface area contributed by atoms with Crippen LogP contribution in [0.15, 0.2) is 66.7 Å². The fraction of sp³-hybridized carbons (Fsp3) is 0.333. The first-order valence-electron chi connectivity index (χ1n) is 8.21. The van der Waals surface area contributed by atoms with E-state index in [1.165, 1.54) is 16.7 Å². The number of ether oxygens (including phenoxy) is 1. The van der Waals surface area contributed by atoms with Gasteiger partial charge in [0, 0.05) is 10.8 Å². The Kier molecular flexibility index (Phi) is 7.83. The van der Waals surface area contributed by atoms with Crippen LogP contribution in [0, 0.1) is 0 Å². The molecule has 23 heavy (non-hydrogen) atoms. The average Bonchev–Trinajstić information content (AvgIpc) is 2.59. The zero-order valence-corrected chi connectivity index (χ0v) is 16.1. The Morgan fingerprint density at radius 1 is 1.00 bits per heavy atom. The number of hydrogen-bond donors (Lipinski definition) is 0. The molecule has 1 unspecified atom stereocenters. The van der Waals surface area contributed by atoms with Gasteiger partial charge in [-0.3, -0.25) is 0 Å². The molecule has 0 aliphatic carbocycles. The Hall–Kier alpha value is -1.13. The molecule has 0 N–H and O–H groups in total. The second kappa shape index (κ2) is 9.89. The van der Waals surface area contributed by atoms with Crippen molar-refractivity contribution in [2.75, 3.05) is 4.43 Å². The second-order valence-electron chi connectivity index (χ2n) is 5.86. The van der Waals surface area contributed by atoms with Gasteiger partial charge in [0.05, 0.1) is 12.2 Å². The van der Waals surface area contributed by atoms with Crippen LogP contribution in [-0.2, 0) is 4.74 Å². The number of allylic oxidation sites excluding steroid dienone is 1. The van der Waals surface area contributed by atoms with Gasteiger partial charge in [-0.05, 0) is 37.0 Å². The molecule has 0 bridgehead atoms. The van der Waals surface area contributed by atoms with Gasteiger partial charge >= 0.3 is 0 Å². The first kappa shape index (κ1) is 18.2. The second-order valence-corrected chi connectivity index (χ2v) is 6.94. The molecule has 0 radical (unpaired) electrons. The number of halogens is 1. The molecule has 1 atom stereocenters. The summed E-state index contributed by atoms with van der Waals surface area (Å²) in [5.41, 5.74) is 3.92. The number of benzene rings is 2. The van der Waals surface area contributed by atoms with Gasteiger partial charge in [0.2, 0.25) is 0 Å². The molecule has 122 valence electrons. The van der Waals surface area contributed by atoms with Gasteiger partial charge in [0.25, 0.3) is 0 Å². The van der Waals surface area contributed by atoms with E-state index in [-0.39, 0.29) is 12.2 Å². The van der Waals surface area contributed by atoms with E-state index in [9.17, 15) is 0 Å². The predicted molar refractivity (Wildman–Crippen MR) is 108 cm³/mol. The summed E-state index contributed by atoms with van der Waals surface area (Å²) in [4.78, 5) is 0. The van der Waals surface area contributed by atoms with Crippen molar-refractivity contribution in [3.63, 3.8) is 0 Å². The van der Waals surface area contributed by atoms with Gasteiger partial charge in [0.1, 0.15) is 0 Å². The lowest BCUT2D eigenvalue weighted by Crippen LogP contribution is -2.11. The first-order chi connectivity index (χ1) is 11.2. The van der Waals surface area contributed by atoms with Crippen molar-refractivity contribution in [1.29, 1.82) is 0 Å². The standard InChI is InChI=1S/C21H25IO/c1-17(2)23-21(19-12-7-4-8-13-19)16-20(14-9-15-22)18-10-5-3-6-11-18/h3-8,10-14,17,21H,9,15-16H2,1-2H3/b20-14-. The van der Waals surface area contributed by atoms with E-state index >= 15 is 0 Å². The third-order valence-electron chi connectivity index (χ3n) is 3.66. The molecule has 0 heterocycles. The lowest BCUT2D eigenvalue weighted by molar-refractivity contribution is 0.00968. The smallest absolute Gasteiger partial charge is 0.0868 e. The lowest BCUT2D eigenvalue weighted by atomic mass is 9.95. The summed E-state index contributed by atoms with van der Waals surface area (Å²) < 4.78 is 7.36. The number of rotatable bonds is 8. The molecule has 2 aromatic carbocycles. The third kappa shape index (κ3) is 6.11. The van der Waals surface area contributed by atoms with Crippen LogP contribution in [0.25, 0.3) is 5.57 Å². The van der Waals surface area contributed by atoms with Gasteiger partial charge in [-0.25, -0.2) is 0 Å². The molecule has 0 saturated heterocycles. The van der Waals surface area contributed by atoms with E-state index in [2.05, 4.69) is 103 Å². The van der Waals surface area contributed by atoms with Crippen LogP contribution in [0.4, 0.5) is 0 Å². The fourth-order valence-electron chi connectivity index (χ4n) is 2.64. The molecule has 0 aliphatic rings. The summed E-state index contributed by atoms with van der Waals surface area (Å²) in [6.45, 7) is 4.21. The van der Waals surface area contributed by atoms with Gasteiger partial charge in [-0.15, -0.1) is 0 Å². The Morgan fingerprint density at radius 3 is 2.17 bits per heavy atom. The van der Waals surface area contributed by atoms with Crippen molar-refractivity contribution in [3.05, 3.63) is 77.9 Å². The molecule has 1 nitrogen and oxygen atoms in total. The van der Waals surface area contributed by atoms with Crippen LogP contribution in [0.3, 0.4) is 0 Å².